The van der Waals surface area contributed by atoms with E-state index in [4.69, 9.17) is 4.52 Å². The monoisotopic (exact) mass is 463 g/mol. The lowest BCUT2D eigenvalue weighted by atomic mass is 9.87. The topological polar surface area (TPSA) is 58.4 Å². The van der Waals surface area contributed by atoms with Crippen molar-refractivity contribution in [2.75, 3.05) is 19.6 Å². The minimum atomic E-state index is -4.38. The fourth-order valence-corrected chi connectivity index (χ4v) is 5.63. The van der Waals surface area contributed by atoms with Gasteiger partial charge in [-0.2, -0.15) is 13.2 Å². The number of alkyl halides is 3. The van der Waals surface area contributed by atoms with Crippen molar-refractivity contribution >= 4 is 16.9 Å². The summed E-state index contributed by atoms with van der Waals surface area (Å²) in [5, 5.41) is 7.86. The molecule has 1 N–H and O–H groups in total. The summed E-state index contributed by atoms with van der Waals surface area (Å²) in [5.41, 5.74) is 0.374. The number of carbonyl (C=O) groups is 1. The van der Waals surface area contributed by atoms with E-state index in [1.807, 2.05) is 0 Å². The van der Waals surface area contributed by atoms with Crippen LogP contribution >= 0.6 is 0 Å². The van der Waals surface area contributed by atoms with E-state index in [9.17, 15) is 18.0 Å². The van der Waals surface area contributed by atoms with Crippen LogP contribution in [0.5, 0.6) is 0 Å². The Bertz CT molecular complexity index is 988. The summed E-state index contributed by atoms with van der Waals surface area (Å²) in [7, 11) is 0. The van der Waals surface area contributed by atoms with Crippen LogP contribution in [0.15, 0.2) is 22.7 Å². The first-order valence-corrected chi connectivity index (χ1v) is 12.3. The fraction of sp³-hybridized carbons (Fsp3) is 0.680. The van der Waals surface area contributed by atoms with Crippen LogP contribution < -0.4 is 5.32 Å². The number of halogens is 3. The van der Waals surface area contributed by atoms with E-state index < -0.39 is 11.7 Å². The molecule has 2 aromatic rings. The van der Waals surface area contributed by atoms with Gasteiger partial charge in [0.1, 0.15) is 0 Å². The number of hydrogen-bond donors (Lipinski definition) is 1. The number of piperidine rings is 1. The van der Waals surface area contributed by atoms with Gasteiger partial charge in [-0.25, -0.2) is 0 Å². The van der Waals surface area contributed by atoms with E-state index in [0.29, 0.717) is 28.6 Å². The van der Waals surface area contributed by atoms with Crippen molar-refractivity contribution < 1.29 is 22.5 Å². The second kappa shape index (κ2) is 8.93. The van der Waals surface area contributed by atoms with Gasteiger partial charge in [0.25, 0.3) is 0 Å². The Morgan fingerprint density at radius 1 is 1.15 bits per heavy atom. The van der Waals surface area contributed by atoms with Crippen LogP contribution in [-0.2, 0) is 11.0 Å². The summed E-state index contributed by atoms with van der Waals surface area (Å²) in [6.07, 6.45) is 2.84. The Balaban J connectivity index is 1.11. The van der Waals surface area contributed by atoms with Crippen molar-refractivity contribution in [2.24, 2.45) is 17.8 Å². The summed E-state index contributed by atoms with van der Waals surface area (Å²) >= 11 is 0. The zero-order valence-corrected chi connectivity index (χ0v) is 19.0. The Labute approximate surface area is 192 Å². The number of benzene rings is 1. The van der Waals surface area contributed by atoms with Gasteiger partial charge in [-0.1, -0.05) is 12.1 Å². The van der Waals surface area contributed by atoms with Gasteiger partial charge in [0.05, 0.1) is 11.3 Å². The summed E-state index contributed by atoms with van der Waals surface area (Å²) in [5.74, 6) is 1.66. The number of hydrogen-bond acceptors (Lipinski definition) is 4. The molecule has 8 heteroatoms. The zero-order valence-electron chi connectivity index (χ0n) is 19.0. The standard InChI is InChI=1S/C25H32F3N3O2/c1-15-2-5-19(6-3-15)29-24(32)20-12-17(20)14-31-10-8-16(9-11-31)23-21-13-18(25(26,27)28)4-7-22(21)33-30-23/h4,7,13,15-17,19-20H,2-3,5-6,8-12,14H2,1H3,(H,29,32)/t15?,17-,19?,20+/m0/s1. The lowest BCUT2D eigenvalue weighted by molar-refractivity contribution is -0.137. The van der Waals surface area contributed by atoms with Gasteiger partial charge in [-0.3, -0.25) is 4.79 Å². The molecule has 180 valence electrons. The van der Waals surface area contributed by atoms with Crippen LogP contribution in [0.1, 0.15) is 69.0 Å². The number of nitrogens with one attached hydrogen (secondary N) is 1. The average molecular weight is 464 g/mol. The number of rotatable bonds is 5. The van der Waals surface area contributed by atoms with Crippen LogP contribution in [0.25, 0.3) is 11.0 Å². The van der Waals surface area contributed by atoms with Crippen molar-refractivity contribution in [2.45, 2.75) is 70.0 Å². The average Bonchev–Trinajstić information content (AvgIpc) is 3.43. The summed E-state index contributed by atoms with van der Waals surface area (Å²) in [6.45, 7) is 4.93. The predicted molar refractivity (Wildman–Crippen MR) is 119 cm³/mol. The second-order valence-electron chi connectivity index (χ2n) is 10.4. The fourth-order valence-electron chi connectivity index (χ4n) is 5.63. The highest BCUT2D eigenvalue weighted by atomic mass is 19.4. The van der Waals surface area contributed by atoms with Crippen LogP contribution in [0, 0.1) is 17.8 Å². The molecule has 1 aromatic heterocycles. The van der Waals surface area contributed by atoms with Crippen LogP contribution in [0.3, 0.4) is 0 Å². The number of likely N-dealkylation sites (tertiary alicyclic amines) is 1. The molecule has 0 radical (unpaired) electrons. The number of nitrogens with zero attached hydrogens (tertiary/aromatic N) is 2. The molecule has 33 heavy (non-hydrogen) atoms. The highest BCUT2D eigenvalue weighted by Gasteiger charge is 2.44. The molecule has 3 aliphatic rings. The molecular weight excluding hydrogens is 431 g/mol. The van der Waals surface area contributed by atoms with Crippen LogP contribution in [0.4, 0.5) is 13.2 Å². The molecule has 0 unspecified atom stereocenters. The molecule has 1 aromatic carbocycles. The summed E-state index contributed by atoms with van der Waals surface area (Å²) in [6, 6.07) is 3.90. The predicted octanol–water partition coefficient (Wildman–Crippen LogP) is 5.36. The maximum absolute atomic E-state index is 13.1. The van der Waals surface area contributed by atoms with Gasteiger partial charge in [0.15, 0.2) is 5.58 Å². The van der Waals surface area contributed by atoms with E-state index in [2.05, 4.69) is 22.3 Å². The molecule has 5 nitrogen and oxygen atoms in total. The van der Waals surface area contributed by atoms with Crippen LogP contribution in [-0.4, -0.2) is 41.6 Å². The van der Waals surface area contributed by atoms with Gasteiger partial charge in [0.2, 0.25) is 5.91 Å². The normalized spacial score (nSPS) is 29.3. The largest absolute Gasteiger partial charge is 0.416 e. The number of aromatic nitrogens is 1. The van der Waals surface area contributed by atoms with Crippen molar-refractivity contribution in [1.82, 2.24) is 15.4 Å². The second-order valence-corrected chi connectivity index (χ2v) is 10.4. The number of carbonyl (C=O) groups excluding carboxylic acids is 1. The first kappa shape index (κ1) is 22.7. The lowest BCUT2D eigenvalue weighted by Gasteiger charge is -2.31. The Morgan fingerprint density at radius 3 is 2.58 bits per heavy atom. The van der Waals surface area contributed by atoms with Crippen molar-refractivity contribution in [3.05, 3.63) is 29.5 Å². The molecule has 2 saturated carbocycles. The molecule has 2 aliphatic carbocycles. The molecule has 0 spiro atoms. The third-order valence-corrected chi connectivity index (χ3v) is 7.91. The molecule has 0 bridgehead atoms. The smallest absolute Gasteiger partial charge is 0.356 e. The number of amides is 1. The summed E-state index contributed by atoms with van der Waals surface area (Å²) < 4.78 is 44.7. The lowest BCUT2D eigenvalue weighted by Crippen LogP contribution is -2.39. The molecule has 1 amide bonds. The highest BCUT2D eigenvalue weighted by Crippen LogP contribution is 2.41. The van der Waals surface area contributed by atoms with E-state index in [0.717, 1.165) is 69.8 Å². The van der Waals surface area contributed by atoms with E-state index in [-0.39, 0.29) is 17.7 Å². The van der Waals surface area contributed by atoms with Gasteiger partial charge < -0.3 is 14.7 Å². The van der Waals surface area contributed by atoms with Gasteiger partial charge in [-0.05, 0) is 88.1 Å². The Hall–Kier alpha value is -2.09. The number of fused-ring (bicyclic) bond motifs is 1. The van der Waals surface area contributed by atoms with Crippen LogP contribution in [0.2, 0.25) is 0 Å². The highest BCUT2D eigenvalue weighted by molar-refractivity contribution is 5.82. The van der Waals surface area contributed by atoms with Crippen molar-refractivity contribution in [3.8, 4) is 0 Å². The molecule has 5 rings (SSSR count). The molecular formula is C25H32F3N3O2. The minimum Gasteiger partial charge on any atom is -0.356 e. The summed E-state index contributed by atoms with van der Waals surface area (Å²) in [4.78, 5) is 15.0. The van der Waals surface area contributed by atoms with Gasteiger partial charge >= 0.3 is 6.18 Å². The molecule has 2 heterocycles. The minimum absolute atomic E-state index is 0.0953. The molecule has 3 fully saturated rings. The SMILES string of the molecule is CC1CCC(NC(=O)[C@@H]2C[C@H]2CN2CCC(c3noc4ccc(C(F)(F)F)cc34)CC2)CC1. The molecule has 1 aliphatic heterocycles. The first-order chi connectivity index (χ1) is 15.8. The Kier molecular flexibility index (Phi) is 6.14. The third-order valence-electron chi connectivity index (χ3n) is 7.91. The van der Waals surface area contributed by atoms with E-state index >= 15 is 0 Å². The third kappa shape index (κ3) is 5.05. The maximum Gasteiger partial charge on any atom is 0.416 e. The van der Waals surface area contributed by atoms with E-state index in [1.165, 1.54) is 18.9 Å². The van der Waals surface area contributed by atoms with E-state index in [1.54, 1.807) is 0 Å². The quantitative estimate of drug-likeness (QED) is 0.649. The van der Waals surface area contributed by atoms with Gasteiger partial charge in [0, 0.05) is 29.8 Å². The molecule has 2 atom stereocenters. The van der Waals surface area contributed by atoms with Crippen molar-refractivity contribution in [1.29, 1.82) is 0 Å². The van der Waals surface area contributed by atoms with Gasteiger partial charge in [-0.15, -0.1) is 0 Å². The maximum atomic E-state index is 13.1. The molecule has 1 saturated heterocycles. The Morgan fingerprint density at radius 2 is 1.88 bits per heavy atom. The van der Waals surface area contributed by atoms with Crippen molar-refractivity contribution in [3.63, 3.8) is 0 Å². The first-order valence-electron chi connectivity index (χ1n) is 12.3. The zero-order chi connectivity index (χ0) is 23.2.